The SMILES string of the molecule is O=C1CN(c2ccccc2)C(=O)N1Cc1nnnn1-c1ccccc1. The Kier molecular flexibility index (Phi) is 3.70. The molecule has 0 atom stereocenters. The topological polar surface area (TPSA) is 84.2 Å². The van der Waals surface area contributed by atoms with Gasteiger partial charge in [-0.2, -0.15) is 4.68 Å². The number of anilines is 1. The molecular formula is C17H14N6O2. The third-order valence-corrected chi connectivity index (χ3v) is 3.96. The maximum Gasteiger partial charge on any atom is 0.332 e. The van der Waals surface area contributed by atoms with Crippen LogP contribution in [0.3, 0.4) is 0 Å². The molecule has 8 heteroatoms. The number of hydrogen-bond donors (Lipinski definition) is 0. The Balaban J connectivity index is 1.59. The van der Waals surface area contributed by atoms with Crippen LogP contribution in [0, 0.1) is 0 Å². The Labute approximate surface area is 143 Å². The smallest absolute Gasteiger partial charge is 0.285 e. The molecule has 1 saturated heterocycles. The molecule has 4 rings (SSSR count). The van der Waals surface area contributed by atoms with E-state index >= 15 is 0 Å². The second-order valence-corrected chi connectivity index (χ2v) is 5.53. The highest BCUT2D eigenvalue weighted by Crippen LogP contribution is 2.22. The zero-order valence-corrected chi connectivity index (χ0v) is 13.2. The van der Waals surface area contributed by atoms with Crippen molar-refractivity contribution in [3.63, 3.8) is 0 Å². The summed E-state index contributed by atoms with van der Waals surface area (Å²) in [7, 11) is 0. The molecule has 2 heterocycles. The van der Waals surface area contributed by atoms with Crippen LogP contribution in [-0.2, 0) is 11.3 Å². The van der Waals surface area contributed by atoms with Gasteiger partial charge in [0.2, 0.25) is 0 Å². The molecule has 1 aliphatic heterocycles. The van der Waals surface area contributed by atoms with Crippen LogP contribution in [-0.4, -0.2) is 43.6 Å². The van der Waals surface area contributed by atoms with Gasteiger partial charge >= 0.3 is 6.03 Å². The van der Waals surface area contributed by atoms with Crippen molar-refractivity contribution in [3.05, 3.63) is 66.5 Å². The fourth-order valence-corrected chi connectivity index (χ4v) is 2.72. The minimum atomic E-state index is -0.376. The molecule has 3 amide bonds. The summed E-state index contributed by atoms with van der Waals surface area (Å²) >= 11 is 0. The fraction of sp³-hybridized carbons (Fsp3) is 0.118. The highest BCUT2D eigenvalue weighted by atomic mass is 16.2. The number of carbonyl (C=O) groups excluding carboxylic acids is 2. The second-order valence-electron chi connectivity index (χ2n) is 5.53. The molecular weight excluding hydrogens is 320 g/mol. The Hall–Kier alpha value is -3.55. The van der Waals surface area contributed by atoms with Gasteiger partial charge in [-0.15, -0.1) is 5.10 Å². The largest absolute Gasteiger partial charge is 0.332 e. The zero-order valence-electron chi connectivity index (χ0n) is 13.2. The van der Waals surface area contributed by atoms with Crippen molar-refractivity contribution in [3.8, 4) is 5.69 Å². The van der Waals surface area contributed by atoms with Crippen molar-refractivity contribution >= 4 is 17.6 Å². The lowest BCUT2D eigenvalue weighted by Gasteiger charge is -2.16. The summed E-state index contributed by atoms with van der Waals surface area (Å²) < 4.78 is 1.52. The van der Waals surface area contributed by atoms with Gasteiger partial charge in [0.15, 0.2) is 5.82 Å². The van der Waals surface area contributed by atoms with E-state index in [2.05, 4.69) is 15.5 Å². The number of urea groups is 1. The van der Waals surface area contributed by atoms with Crippen LogP contribution in [0.2, 0.25) is 0 Å². The molecule has 0 aliphatic carbocycles. The zero-order chi connectivity index (χ0) is 17.2. The van der Waals surface area contributed by atoms with E-state index in [-0.39, 0.29) is 25.0 Å². The quantitative estimate of drug-likeness (QED) is 0.677. The van der Waals surface area contributed by atoms with E-state index in [0.717, 1.165) is 10.6 Å². The predicted octanol–water partition coefficient (Wildman–Crippen LogP) is 1.63. The van der Waals surface area contributed by atoms with Gasteiger partial charge < -0.3 is 0 Å². The third kappa shape index (κ3) is 2.74. The van der Waals surface area contributed by atoms with Crippen molar-refractivity contribution in [1.82, 2.24) is 25.1 Å². The Morgan fingerprint density at radius 2 is 1.52 bits per heavy atom. The van der Waals surface area contributed by atoms with E-state index in [1.807, 2.05) is 48.5 Å². The van der Waals surface area contributed by atoms with Gasteiger partial charge in [-0.05, 0) is 34.7 Å². The summed E-state index contributed by atoms with van der Waals surface area (Å²) in [5, 5.41) is 11.6. The van der Waals surface area contributed by atoms with Gasteiger partial charge in [0.1, 0.15) is 6.54 Å². The monoisotopic (exact) mass is 334 g/mol. The molecule has 3 aromatic rings. The van der Waals surface area contributed by atoms with Crippen molar-refractivity contribution in [2.75, 3.05) is 11.4 Å². The number of benzene rings is 2. The number of para-hydroxylation sites is 2. The van der Waals surface area contributed by atoms with Crippen LogP contribution in [0.4, 0.5) is 10.5 Å². The third-order valence-electron chi connectivity index (χ3n) is 3.96. The summed E-state index contributed by atoms with van der Waals surface area (Å²) in [6.45, 7) is 0.0264. The second kappa shape index (κ2) is 6.16. The molecule has 1 aliphatic rings. The molecule has 1 aromatic heterocycles. The molecule has 0 spiro atoms. The maximum atomic E-state index is 12.6. The minimum Gasteiger partial charge on any atom is -0.285 e. The van der Waals surface area contributed by atoms with E-state index < -0.39 is 0 Å². The van der Waals surface area contributed by atoms with Crippen LogP contribution in [0.25, 0.3) is 5.69 Å². The van der Waals surface area contributed by atoms with Crippen LogP contribution < -0.4 is 4.90 Å². The number of hydrogen-bond acceptors (Lipinski definition) is 5. The van der Waals surface area contributed by atoms with E-state index in [9.17, 15) is 9.59 Å². The number of nitrogens with zero attached hydrogens (tertiary/aromatic N) is 6. The van der Waals surface area contributed by atoms with Crippen LogP contribution >= 0.6 is 0 Å². The number of aromatic nitrogens is 4. The molecule has 1 fully saturated rings. The first-order valence-electron chi connectivity index (χ1n) is 7.73. The molecule has 25 heavy (non-hydrogen) atoms. The number of rotatable bonds is 4. The summed E-state index contributed by atoms with van der Waals surface area (Å²) in [4.78, 5) is 27.6. The van der Waals surface area contributed by atoms with Gasteiger partial charge in [-0.25, -0.2) is 4.79 Å². The Morgan fingerprint density at radius 3 is 2.20 bits per heavy atom. The molecule has 0 radical (unpaired) electrons. The summed E-state index contributed by atoms with van der Waals surface area (Å²) in [5.74, 6) is 0.138. The lowest BCUT2D eigenvalue weighted by atomic mass is 10.3. The highest BCUT2D eigenvalue weighted by Gasteiger charge is 2.37. The van der Waals surface area contributed by atoms with E-state index in [0.29, 0.717) is 11.5 Å². The van der Waals surface area contributed by atoms with Gasteiger partial charge in [-0.3, -0.25) is 14.6 Å². The predicted molar refractivity (Wildman–Crippen MR) is 88.9 cm³/mol. The number of amides is 3. The molecule has 0 saturated carbocycles. The van der Waals surface area contributed by atoms with Gasteiger partial charge in [0.25, 0.3) is 5.91 Å². The Bertz CT molecular complexity index is 909. The minimum absolute atomic E-state index is 0.00967. The summed E-state index contributed by atoms with van der Waals surface area (Å²) in [6.07, 6.45) is 0. The molecule has 0 unspecified atom stereocenters. The van der Waals surface area contributed by atoms with Crippen LogP contribution in [0.15, 0.2) is 60.7 Å². The van der Waals surface area contributed by atoms with Gasteiger partial charge in [0.05, 0.1) is 12.2 Å². The van der Waals surface area contributed by atoms with Crippen molar-refractivity contribution in [2.24, 2.45) is 0 Å². The summed E-state index contributed by atoms with van der Waals surface area (Å²) in [6, 6.07) is 18.0. The summed E-state index contributed by atoms with van der Waals surface area (Å²) in [5.41, 5.74) is 1.45. The molecule has 0 N–H and O–H groups in total. The molecule has 124 valence electrons. The first-order valence-corrected chi connectivity index (χ1v) is 7.73. The van der Waals surface area contributed by atoms with Crippen molar-refractivity contribution in [2.45, 2.75) is 6.54 Å². The van der Waals surface area contributed by atoms with E-state index in [4.69, 9.17) is 0 Å². The first-order chi connectivity index (χ1) is 12.2. The van der Waals surface area contributed by atoms with Crippen LogP contribution in [0.1, 0.15) is 5.82 Å². The van der Waals surface area contributed by atoms with Crippen LogP contribution in [0.5, 0.6) is 0 Å². The lowest BCUT2D eigenvalue weighted by molar-refractivity contribution is -0.125. The molecule has 2 aromatic carbocycles. The lowest BCUT2D eigenvalue weighted by Crippen LogP contribution is -2.33. The van der Waals surface area contributed by atoms with Crippen molar-refractivity contribution in [1.29, 1.82) is 0 Å². The average Bonchev–Trinajstić information content (AvgIpc) is 3.23. The van der Waals surface area contributed by atoms with E-state index in [1.165, 1.54) is 9.58 Å². The number of imide groups is 1. The van der Waals surface area contributed by atoms with Gasteiger partial charge in [0, 0.05) is 5.69 Å². The maximum absolute atomic E-state index is 12.6. The molecule has 0 bridgehead atoms. The fourth-order valence-electron chi connectivity index (χ4n) is 2.72. The molecule has 8 nitrogen and oxygen atoms in total. The van der Waals surface area contributed by atoms with E-state index in [1.54, 1.807) is 12.1 Å². The van der Waals surface area contributed by atoms with Crippen molar-refractivity contribution < 1.29 is 9.59 Å². The highest BCUT2D eigenvalue weighted by molar-refractivity contribution is 6.12. The number of tetrazole rings is 1. The number of carbonyl (C=O) groups is 2. The average molecular weight is 334 g/mol. The Morgan fingerprint density at radius 1 is 0.880 bits per heavy atom. The standard InChI is InChI=1S/C17H14N6O2/c24-16-12-21(13-7-3-1-4-8-13)17(25)22(16)11-15-18-19-20-23(15)14-9-5-2-6-10-14/h1-10H,11-12H2. The van der Waals surface area contributed by atoms with Gasteiger partial charge in [-0.1, -0.05) is 36.4 Å². The first kappa shape index (κ1) is 15.0. The normalized spacial score (nSPS) is 14.4.